The topological polar surface area (TPSA) is 59.3 Å². The fraction of sp³-hybridized carbons (Fsp3) is 0.333. The molecule has 162 valence electrons. The summed E-state index contributed by atoms with van der Waals surface area (Å²) in [5.41, 5.74) is 1.41. The van der Waals surface area contributed by atoms with Gasteiger partial charge in [-0.1, -0.05) is 68.0 Å². The first-order valence-corrected chi connectivity index (χ1v) is 10.6. The van der Waals surface area contributed by atoms with Gasteiger partial charge in [-0.15, -0.1) is 6.58 Å². The summed E-state index contributed by atoms with van der Waals surface area (Å²) in [6, 6.07) is 20.3. The summed E-state index contributed by atoms with van der Waals surface area (Å²) in [4.78, 5) is 11.8. The third kappa shape index (κ3) is 6.08. The van der Waals surface area contributed by atoms with Gasteiger partial charge in [0.05, 0.1) is 19.1 Å². The lowest BCUT2D eigenvalue weighted by molar-refractivity contribution is -0.139. The molecule has 2 atom stereocenters. The van der Waals surface area contributed by atoms with Crippen molar-refractivity contribution in [2.75, 3.05) is 13.7 Å². The Morgan fingerprint density at radius 3 is 2.32 bits per heavy atom. The van der Waals surface area contributed by atoms with Gasteiger partial charge in [0.2, 0.25) is 0 Å². The Morgan fingerprint density at radius 2 is 1.74 bits per heavy atom. The first-order chi connectivity index (χ1) is 15.1. The second-order valence-electron chi connectivity index (χ2n) is 7.47. The highest BCUT2D eigenvalue weighted by Crippen LogP contribution is 2.44. The Bertz CT molecular complexity index is 883. The summed E-state index contributed by atoms with van der Waals surface area (Å²) in [6.45, 7) is 7.25. The van der Waals surface area contributed by atoms with Gasteiger partial charge in [0.15, 0.2) is 0 Å². The van der Waals surface area contributed by atoms with E-state index in [0.717, 1.165) is 55.1 Å². The van der Waals surface area contributed by atoms with Gasteiger partial charge in [0.1, 0.15) is 12.4 Å². The van der Waals surface area contributed by atoms with Crippen LogP contribution >= 0.6 is 0 Å². The highest BCUT2D eigenvalue weighted by molar-refractivity contribution is 5.81. The lowest BCUT2D eigenvalue weighted by atomic mass is 9.63. The average Bonchev–Trinajstić information content (AvgIpc) is 2.83. The number of unbranched alkanes of at least 4 members (excludes halogenated alkanes) is 3. The van der Waals surface area contributed by atoms with Crippen molar-refractivity contribution in [1.82, 2.24) is 0 Å². The summed E-state index contributed by atoms with van der Waals surface area (Å²) in [6.07, 6.45) is 7.80. The standard InChI is InChI=1S/C27H31NO3/c1-4-6-7-8-12-19-27(22-13-10-9-11-14-22,23-15-17-25(30-3)18-16-23)24(20-28)21-31-26(29)5-2/h4-5,9-11,13-18,24H,1-2,6-8,12,19,21H2,3H3. The van der Waals surface area contributed by atoms with Crippen LogP contribution in [0.3, 0.4) is 0 Å². The van der Waals surface area contributed by atoms with Crippen molar-refractivity contribution in [3.8, 4) is 11.8 Å². The number of nitriles is 1. The molecular weight excluding hydrogens is 386 g/mol. The zero-order valence-electron chi connectivity index (χ0n) is 18.3. The zero-order chi connectivity index (χ0) is 22.5. The van der Waals surface area contributed by atoms with E-state index < -0.39 is 17.3 Å². The highest BCUT2D eigenvalue weighted by Gasteiger charge is 2.42. The largest absolute Gasteiger partial charge is 0.497 e. The smallest absolute Gasteiger partial charge is 0.330 e. The zero-order valence-corrected chi connectivity index (χ0v) is 18.3. The molecule has 4 heteroatoms. The number of ether oxygens (including phenoxy) is 2. The number of hydrogen-bond acceptors (Lipinski definition) is 4. The first kappa shape index (κ1) is 24.0. The fourth-order valence-corrected chi connectivity index (χ4v) is 4.04. The molecule has 2 rings (SSSR count). The molecule has 31 heavy (non-hydrogen) atoms. The molecular formula is C27H31NO3. The van der Waals surface area contributed by atoms with Gasteiger partial charge in [0, 0.05) is 11.5 Å². The van der Waals surface area contributed by atoms with Crippen LogP contribution in [0.5, 0.6) is 5.75 Å². The average molecular weight is 418 g/mol. The lowest BCUT2D eigenvalue weighted by Gasteiger charge is -2.39. The van der Waals surface area contributed by atoms with Gasteiger partial charge in [0.25, 0.3) is 0 Å². The number of carbonyl (C=O) groups is 1. The molecule has 0 aliphatic heterocycles. The van der Waals surface area contributed by atoms with Crippen LogP contribution in [0.4, 0.5) is 0 Å². The quantitative estimate of drug-likeness (QED) is 0.174. The monoisotopic (exact) mass is 417 g/mol. The normalized spacial score (nSPS) is 13.3. The van der Waals surface area contributed by atoms with E-state index >= 15 is 0 Å². The minimum atomic E-state index is -0.627. The molecule has 0 fully saturated rings. The van der Waals surface area contributed by atoms with E-state index in [9.17, 15) is 10.1 Å². The Morgan fingerprint density at radius 1 is 1.06 bits per heavy atom. The summed E-state index contributed by atoms with van der Waals surface area (Å²) in [5.74, 6) is -0.335. The SMILES string of the molecule is C=CCCCCCC(c1ccccc1)(c1ccc(OC)cc1)C(C#N)COC(=O)C=C. The Hall–Kier alpha value is -3.32. The molecule has 0 spiro atoms. The molecule has 0 amide bonds. The molecule has 4 nitrogen and oxygen atoms in total. The van der Waals surface area contributed by atoms with E-state index in [1.807, 2.05) is 60.7 Å². The van der Waals surface area contributed by atoms with Crippen LogP contribution in [0.2, 0.25) is 0 Å². The number of nitrogens with zero attached hydrogens (tertiary/aromatic N) is 1. The summed E-state index contributed by atoms with van der Waals surface area (Å²) < 4.78 is 10.7. The van der Waals surface area contributed by atoms with Crippen molar-refractivity contribution >= 4 is 5.97 Å². The van der Waals surface area contributed by atoms with E-state index in [-0.39, 0.29) is 6.61 Å². The molecule has 0 aromatic heterocycles. The third-order valence-corrected chi connectivity index (χ3v) is 5.68. The molecule has 0 saturated carbocycles. The Kier molecular flexibility index (Phi) is 9.58. The van der Waals surface area contributed by atoms with Crippen molar-refractivity contribution in [3.05, 3.63) is 91.0 Å². The molecule has 0 aliphatic carbocycles. The second-order valence-corrected chi connectivity index (χ2v) is 7.47. The molecule has 2 aromatic carbocycles. The molecule has 0 radical (unpaired) electrons. The first-order valence-electron chi connectivity index (χ1n) is 10.6. The Balaban J connectivity index is 2.55. The van der Waals surface area contributed by atoms with Gasteiger partial charge in [-0.3, -0.25) is 0 Å². The molecule has 2 unspecified atom stereocenters. The third-order valence-electron chi connectivity index (χ3n) is 5.68. The van der Waals surface area contributed by atoms with E-state index in [1.54, 1.807) is 7.11 Å². The lowest BCUT2D eigenvalue weighted by Crippen LogP contribution is -2.39. The van der Waals surface area contributed by atoms with Crippen molar-refractivity contribution in [1.29, 1.82) is 5.26 Å². The van der Waals surface area contributed by atoms with Crippen LogP contribution in [0.1, 0.15) is 43.2 Å². The van der Waals surface area contributed by atoms with Gasteiger partial charge >= 0.3 is 5.97 Å². The van der Waals surface area contributed by atoms with Crippen molar-refractivity contribution < 1.29 is 14.3 Å². The van der Waals surface area contributed by atoms with E-state index in [4.69, 9.17) is 9.47 Å². The van der Waals surface area contributed by atoms with Gasteiger partial charge in [-0.25, -0.2) is 4.79 Å². The molecule has 2 aromatic rings. The minimum Gasteiger partial charge on any atom is -0.497 e. The minimum absolute atomic E-state index is 0.00503. The number of methoxy groups -OCH3 is 1. The molecule has 0 N–H and O–H groups in total. The number of hydrogen-bond donors (Lipinski definition) is 0. The fourth-order valence-electron chi connectivity index (χ4n) is 4.04. The summed E-state index contributed by atoms with van der Waals surface area (Å²) in [5, 5.41) is 10.2. The van der Waals surface area contributed by atoms with Crippen LogP contribution in [0, 0.1) is 17.2 Å². The Labute approximate surface area is 185 Å². The van der Waals surface area contributed by atoms with E-state index in [2.05, 4.69) is 19.2 Å². The summed E-state index contributed by atoms with van der Waals surface area (Å²) in [7, 11) is 1.63. The number of carbonyl (C=O) groups excluding carboxylic acids is 1. The number of rotatable bonds is 13. The predicted molar refractivity (Wildman–Crippen MR) is 124 cm³/mol. The van der Waals surface area contributed by atoms with Crippen LogP contribution in [0.25, 0.3) is 0 Å². The van der Waals surface area contributed by atoms with E-state index in [1.165, 1.54) is 0 Å². The van der Waals surface area contributed by atoms with Gasteiger partial charge < -0.3 is 9.47 Å². The maximum absolute atomic E-state index is 11.8. The van der Waals surface area contributed by atoms with Crippen LogP contribution < -0.4 is 4.74 Å². The molecule has 0 saturated heterocycles. The van der Waals surface area contributed by atoms with Crippen LogP contribution in [-0.4, -0.2) is 19.7 Å². The summed E-state index contributed by atoms with van der Waals surface area (Å²) >= 11 is 0. The second kappa shape index (κ2) is 12.4. The molecule has 0 heterocycles. The van der Waals surface area contributed by atoms with Crippen LogP contribution in [0.15, 0.2) is 79.9 Å². The number of esters is 1. The van der Waals surface area contributed by atoms with Crippen LogP contribution in [-0.2, 0) is 14.9 Å². The van der Waals surface area contributed by atoms with Crippen molar-refractivity contribution in [2.24, 2.45) is 5.92 Å². The van der Waals surface area contributed by atoms with Crippen molar-refractivity contribution in [3.63, 3.8) is 0 Å². The van der Waals surface area contributed by atoms with Gasteiger partial charge in [-0.2, -0.15) is 5.26 Å². The number of allylic oxidation sites excluding steroid dienone is 1. The maximum Gasteiger partial charge on any atom is 0.330 e. The number of benzene rings is 2. The molecule has 0 aliphatic rings. The predicted octanol–water partition coefficient (Wildman–Crippen LogP) is 5.99. The maximum atomic E-state index is 11.8. The molecule has 0 bridgehead atoms. The van der Waals surface area contributed by atoms with Crippen molar-refractivity contribution in [2.45, 2.75) is 37.5 Å². The van der Waals surface area contributed by atoms with Gasteiger partial charge in [-0.05, 0) is 42.5 Å². The van der Waals surface area contributed by atoms with E-state index in [0.29, 0.717) is 0 Å². The highest BCUT2D eigenvalue weighted by atomic mass is 16.5.